The Hall–Kier alpha value is -3.05. The number of morpholine rings is 1. The fourth-order valence-electron chi connectivity index (χ4n) is 2.91. The van der Waals surface area contributed by atoms with Gasteiger partial charge in [0, 0.05) is 24.5 Å². The van der Waals surface area contributed by atoms with Gasteiger partial charge in [0.05, 0.1) is 23.8 Å². The van der Waals surface area contributed by atoms with Gasteiger partial charge in [-0.25, -0.2) is 8.42 Å². The minimum Gasteiger partial charge on any atom is -0.435 e. The Morgan fingerprint density at radius 1 is 1.09 bits per heavy atom. The quantitative estimate of drug-likeness (QED) is 0.310. The SMILES string of the molecule is N#CNc1cc(NC(=S)Nc2ccc(OC(F)F)cc2)cc(S(=O)(=O)N2CCOCC2)c1. The van der Waals surface area contributed by atoms with E-state index in [0.29, 0.717) is 24.6 Å². The fourth-order valence-corrected chi connectivity index (χ4v) is 4.62. The van der Waals surface area contributed by atoms with Crippen molar-refractivity contribution in [2.75, 3.05) is 42.3 Å². The molecule has 2 aromatic carbocycles. The van der Waals surface area contributed by atoms with Crippen molar-refractivity contribution in [1.82, 2.24) is 4.31 Å². The Labute approximate surface area is 189 Å². The lowest BCUT2D eigenvalue weighted by Gasteiger charge is -2.26. The smallest absolute Gasteiger partial charge is 0.387 e. The second kappa shape index (κ2) is 10.5. The molecule has 0 amide bonds. The topological polar surface area (TPSA) is 116 Å². The van der Waals surface area contributed by atoms with Crippen LogP contribution in [0.3, 0.4) is 0 Å². The average Bonchev–Trinajstić information content (AvgIpc) is 2.75. The van der Waals surface area contributed by atoms with Crippen molar-refractivity contribution < 1.29 is 26.7 Å². The predicted octanol–water partition coefficient (Wildman–Crippen LogP) is 3.01. The number of ether oxygens (including phenoxy) is 2. The number of halogens is 2. The largest absolute Gasteiger partial charge is 0.435 e. The number of sulfonamides is 1. The standard InChI is InChI=1S/C19H19F2N5O4S2/c20-18(21)30-16-3-1-13(2-4-16)24-19(31)25-15-9-14(23-12-22)10-17(11-15)32(27,28)26-5-7-29-8-6-26/h1-4,9-11,18,23H,5-8H2,(H2,24,25,31). The minimum atomic E-state index is -3.81. The minimum absolute atomic E-state index is 0.00216. The number of hydrogen-bond acceptors (Lipinski definition) is 7. The summed E-state index contributed by atoms with van der Waals surface area (Å²) in [6.45, 7) is -1.86. The van der Waals surface area contributed by atoms with Crippen LogP contribution in [0.4, 0.5) is 25.8 Å². The molecule has 13 heteroatoms. The van der Waals surface area contributed by atoms with E-state index >= 15 is 0 Å². The van der Waals surface area contributed by atoms with Gasteiger partial charge in [-0.05, 0) is 54.7 Å². The summed E-state index contributed by atoms with van der Waals surface area (Å²) in [5.74, 6) is -0.00216. The summed E-state index contributed by atoms with van der Waals surface area (Å²) < 4.78 is 61.3. The van der Waals surface area contributed by atoms with Crippen molar-refractivity contribution in [3.63, 3.8) is 0 Å². The highest BCUT2D eigenvalue weighted by molar-refractivity contribution is 7.89. The number of nitrogens with zero attached hydrogens (tertiary/aromatic N) is 2. The van der Waals surface area contributed by atoms with Crippen LogP contribution in [0.5, 0.6) is 5.75 Å². The molecular weight excluding hydrogens is 464 g/mol. The predicted molar refractivity (Wildman–Crippen MR) is 118 cm³/mol. The molecule has 1 aliphatic heterocycles. The molecule has 0 atom stereocenters. The van der Waals surface area contributed by atoms with Crippen LogP contribution < -0.4 is 20.7 Å². The Morgan fingerprint density at radius 3 is 2.34 bits per heavy atom. The highest BCUT2D eigenvalue weighted by Gasteiger charge is 2.27. The average molecular weight is 484 g/mol. The van der Waals surface area contributed by atoms with Gasteiger partial charge in [-0.15, -0.1) is 0 Å². The van der Waals surface area contributed by atoms with Crippen LogP contribution in [0.15, 0.2) is 47.4 Å². The molecule has 0 spiro atoms. The van der Waals surface area contributed by atoms with E-state index in [1.807, 2.05) is 0 Å². The van der Waals surface area contributed by atoms with Gasteiger partial charge in [-0.3, -0.25) is 5.32 Å². The van der Waals surface area contributed by atoms with Gasteiger partial charge < -0.3 is 20.1 Å². The first-order valence-corrected chi connectivity index (χ1v) is 11.1. The number of nitrogens with one attached hydrogen (secondary N) is 3. The molecule has 2 aromatic rings. The Morgan fingerprint density at radius 2 is 1.72 bits per heavy atom. The summed E-state index contributed by atoms with van der Waals surface area (Å²) >= 11 is 5.26. The van der Waals surface area contributed by atoms with Gasteiger partial charge >= 0.3 is 6.61 Å². The summed E-state index contributed by atoms with van der Waals surface area (Å²) in [5, 5.41) is 17.2. The zero-order chi connectivity index (χ0) is 23.1. The maximum Gasteiger partial charge on any atom is 0.387 e. The van der Waals surface area contributed by atoms with Gasteiger partial charge in [-0.2, -0.15) is 18.3 Å². The molecule has 1 fully saturated rings. The lowest BCUT2D eigenvalue weighted by atomic mass is 10.2. The molecule has 170 valence electrons. The maximum atomic E-state index is 13.0. The third-order valence-corrected chi connectivity index (χ3v) is 6.39. The third-order valence-electron chi connectivity index (χ3n) is 4.31. The molecule has 0 bridgehead atoms. The number of alkyl halides is 2. The lowest BCUT2D eigenvalue weighted by Crippen LogP contribution is -2.40. The van der Waals surface area contributed by atoms with Crippen LogP contribution in [0, 0.1) is 11.5 Å². The van der Waals surface area contributed by atoms with Crippen LogP contribution in [0.2, 0.25) is 0 Å². The van der Waals surface area contributed by atoms with Crippen LogP contribution in [0.25, 0.3) is 0 Å². The van der Waals surface area contributed by atoms with E-state index in [0.717, 1.165) is 0 Å². The van der Waals surface area contributed by atoms with Crippen molar-refractivity contribution in [2.45, 2.75) is 11.5 Å². The van der Waals surface area contributed by atoms with Gasteiger partial charge in [0.25, 0.3) is 0 Å². The lowest BCUT2D eigenvalue weighted by molar-refractivity contribution is -0.0498. The molecule has 0 unspecified atom stereocenters. The normalized spacial score (nSPS) is 14.4. The van der Waals surface area contributed by atoms with Gasteiger partial charge in [0.15, 0.2) is 11.3 Å². The van der Waals surface area contributed by atoms with Gasteiger partial charge in [0.2, 0.25) is 10.0 Å². The van der Waals surface area contributed by atoms with Crippen molar-refractivity contribution in [3.05, 3.63) is 42.5 Å². The van der Waals surface area contributed by atoms with Gasteiger partial charge in [-0.1, -0.05) is 0 Å². The van der Waals surface area contributed by atoms with Crippen LogP contribution in [-0.2, 0) is 14.8 Å². The number of anilines is 3. The number of thiocarbonyl (C=S) groups is 1. The van der Waals surface area contributed by atoms with E-state index in [-0.39, 0.29) is 34.5 Å². The van der Waals surface area contributed by atoms with E-state index < -0.39 is 16.6 Å². The molecule has 0 radical (unpaired) electrons. The van der Waals surface area contributed by atoms with Crippen molar-refractivity contribution in [2.24, 2.45) is 0 Å². The summed E-state index contributed by atoms with van der Waals surface area (Å²) in [5.41, 5.74) is 1.09. The third kappa shape index (κ3) is 6.24. The molecule has 1 aliphatic rings. The molecular formula is C19H19F2N5O4S2. The number of benzene rings is 2. The molecule has 0 saturated carbocycles. The molecule has 0 aromatic heterocycles. The van der Waals surface area contributed by atoms with E-state index in [1.165, 1.54) is 46.8 Å². The maximum absolute atomic E-state index is 13.0. The van der Waals surface area contributed by atoms with Crippen LogP contribution >= 0.6 is 12.2 Å². The Kier molecular flexibility index (Phi) is 7.75. The molecule has 3 rings (SSSR count). The van der Waals surface area contributed by atoms with Crippen LogP contribution in [-0.4, -0.2) is 50.8 Å². The fraction of sp³-hybridized carbons (Fsp3) is 0.263. The van der Waals surface area contributed by atoms with Crippen molar-refractivity contribution in [3.8, 4) is 11.9 Å². The summed E-state index contributed by atoms with van der Waals surface area (Å²) in [6.07, 6.45) is 1.76. The molecule has 9 nitrogen and oxygen atoms in total. The molecule has 1 heterocycles. The first kappa shape index (κ1) is 23.6. The summed E-state index contributed by atoms with van der Waals surface area (Å²) in [6, 6.07) is 9.97. The molecule has 32 heavy (non-hydrogen) atoms. The molecule has 0 aliphatic carbocycles. The highest BCUT2D eigenvalue weighted by atomic mass is 32.2. The second-order valence-electron chi connectivity index (χ2n) is 6.48. The van der Waals surface area contributed by atoms with Crippen molar-refractivity contribution >= 4 is 44.4 Å². The zero-order valence-corrected chi connectivity index (χ0v) is 18.2. The Bertz CT molecular complexity index is 1100. The molecule has 3 N–H and O–H groups in total. The number of rotatable bonds is 7. The highest BCUT2D eigenvalue weighted by Crippen LogP contribution is 2.26. The van der Waals surface area contributed by atoms with E-state index in [1.54, 1.807) is 6.19 Å². The summed E-state index contributed by atoms with van der Waals surface area (Å²) in [4.78, 5) is -0.0153. The number of hydrogen-bond donors (Lipinski definition) is 3. The Balaban J connectivity index is 1.76. The summed E-state index contributed by atoms with van der Waals surface area (Å²) in [7, 11) is -3.81. The first-order chi connectivity index (χ1) is 15.3. The second-order valence-corrected chi connectivity index (χ2v) is 8.83. The monoisotopic (exact) mass is 483 g/mol. The van der Waals surface area contributed by atoms with Crippen molar-refractivity contribution in [1.29, 1.82) is 5.26 Å². The van der Waals surface area contributed by atoms with Crippen LogP contribution in [0.1, 0.15) is 0 Å². The van der Waals surface area contributed by atoms with E-state index in [4.69, 9.17) is 22.2 Å². The molecule has 1 saturated heterocycles. The van der Waals surface area contributed by atoms with Gasteiger partial charge in [0.1, 0.15) is 5.75 Å². The van der Waals surface area contributed by atoms with E-state index in [9.17, 15) is 17.2 Å². The first-order valence-electron chi connectivity index (χ1n) is 9.29. The number of nitriles is 1. The zero-order valence-electron chi connectivity index (χ0n) is 16.5. The van der Waals surface area contributed by atoms with E-state index in [2.05, 4.69) is 20.7 Å².